The number of rotatable bonds is 3. The van der Waals surface area contributed by atoms with Crippen molar-refractivity contribution in [2.45, 2.75) is 6.92 Å². The van der Waals surface area contributed by atoms with E-state index in [1.807, 2.05) is 43.3 Å². The van der Waals surface area contributed by atoms with E-state index < -0.39 is 5.97 Å². The third-order valence-electron chi connectivity index (χ3n) is 3.21. The molecule has 0 atom stereocenters. The molecule has 3 heteroatoms. The van der Waals surface area contributed by atoms with Crippen LogP contribution in [0.3, 0.4) is 0 Å². The fourth-order valence-corrected chi connectivity index (χ4v) is 2.13. The van der Waals surface area contributed by atoms with Crippen LogP contribution in [0.25, 0.3) is 17.2 Å². The highest BCUT2D eigenvalue weighted by Crippen LogP contribution is 2.28. The largest absolute Gasteiger partial charge is 0.466 e. The summed E-state index contributed by atoms with van der Waals surface area (Å²) in [4.78, 5) is 11.3. The molecule has 2 aromatic carbocycles. The second kappa shape index (κ2) is 6.53. The van der Waals surface area contributed by atoms with Gasteiger partial charge in [-0.2, -0.15) is 5.26 Å². The number of hydrogen-bond acceptors (Lipinski definition) is 3. The first-order chi connectivity index (χ1) is 10.2. The quantitative estimate of drug-likeness (QED) is 0.634. The van der Waals surface area contributed by atoms with Gasteiger partial charge >= 0.3 is 5.97 Å². The summed E-state index contributed by atoms with van der Waals surface area (Å²) in [5, 5.41) is 9.02. The van der Waals surface area contributed by atoms with Gasteiger partial charge in [0.25, 0.3) is 0 Å². The molecular weight excluding hydrogens is 262 g/mol. The van der Waals surface area contributed by atoms with E-state index in [4.69, 9.17) is 5.26 Å². The molecule has 0 aliphatic carbocycles. The molecule has 0 unspecified atom stereocenters. The summed E-state index contributed by atoms with van der Waals surface area (Å²) in [5.41, 5.74) is 4.53. The summed E-state index contributed by atoms with van der Waals surface area (Å²) in [6.45, 7) is 1.98. The van der Waals surface area contributed by atoms with E-state index in [0.717, 1.165) is 22.3 Å². The molecule has 104 valence electrons. The summed E-state index contributed by atoms with van der Waals surface area (Å²) >= 11 is 0. The summed E-state index contributed by atoms with van der Waals surface area (Å²) < 4.78 is 4.63. The van der Waals surface area contributed by atoms with Gasteiger partial charge in [0.1, 0.15) is 0 Å². The standard InChI is InChI=1S/C18H15NO2/c1-13-5-3-8-17(16(13)9-10-18(20)21-2)15-7-4-6-14(11-15)12-19/h3-11H,1-2H3/b10-9+. The Kier molecular flexibility index (Phi) is 4.53. The van der Waals surface area contributed by atoms with Crippen LogP contribution in [0.2, 0.25) is 0 Å². The maximum Gasteiger partial charge on any atom is 0.330 e. The molecule has 0 saturated carbocycles. The number of ether oxygens (including phenoxy) is 1. The van der Waals surface area contributed by atoms with Gasteiger partial charge in [0.05, 0.1) is 18.7 Å². The van der Waals surface area contributed by atoms with Gasteiger partial charge in [-0.15, -0.1) is 0 Å². The molecule has 0 N–H and O–H groups in total. The zero-order valence-electron chi connectivity index (χ0n) is 12.0. The zero-order chi connectivity index (χ0) is 15.2. The molecule has 2 rings (SSSR count). The lowest BCUT2D eigenvalue weighted by atomic mass is 9.95. The lowest BCUT2D eigenvalue weighted by Gasteiger charge is -2.10. The van der Waals surface area contributed by atoms with Gasteiger partial charge < -0.3 is 4.74 Å². The van der Waals surface area contributed by atoms with E-state index in [9.17, 15) is 4.79 Å². The van der Waals surface area contributed by atoms with Crippen LogP contribution in [-0.2, 0) is 9.53 Å². The van der Waals surface area contributed by atoms with Crippen molar-refractivity contribution in [2.24, 2.45) is 0 Å². The third-order valence-corrected chi connectivity index (χ3v) is 3.21. The van der Waals surface area contributed by atoms with Gasteiger partial charge in [-0.1, -0.05) is 30.3 Å². The molecule has 0 spiro atoms. The summed E-state index contributed by atoms with van der Waals surface area (Å²) in [5.74, 6) is -0.394. The van der Waals surface area contributed by atoms with Crippen molar-refractivity contribution in [3.63, 3.8) is 0 Å². The van der Waals surface area contributed by atoms with Gasteiger partial charge in [0.2, 0.25) is 0 Å². The van der Waals surface area contributed by atoms with Crippen molar-refractivity contribution in [3.05, 3.63) is 65.2 Å². The van der Waals surface area contributed by atoms with Crippen LogP contribution in [0.5, 0.6) is 0 Å². The van der Waals surface area contributed by atoms with Gasteiger partial charge in [-0.25, -0.2) is 4.79 Å². The predicted molar refractivity (Wildman–Crippen MR) is 82.4 cm³/mol. The average Bonchev–Trinajstić information content (AvgIpc) is 2.53. The second-order valence-electron chi connectivity index (χ2n) is 4.59. The predicted octanol–water partition coefficient (Wildman–Crippen LogP) is 3.72. The summed E-state index contributed by atoms with van der Waals surface area (Å²) in [6.07, 6.45) is 3.15. The first-order valence-corrected chi connectivity index (χ1v) is 6.52. The molecule has 2 aromatic rings. The van der Waals surface area contributed by atoms with E-state index in [2.05, 4.69) is 10.8 Å². The van der Waals surface area contributed by atoms with Crippen LogP contribution in [0.4, 0.5) is 0 Å². The molecular formula is C18H15NO2. The molecule has 21 heavy (non-hydrogen) atoms. The molecule has 0 aromatic heterocycles. The SMILES string of the molecule is COC(=O)/C=C/c1c(C)cccc1-c1cccc(C#N)c1. The summed E-state index contributed by atoms with van der Waals surface area (Å²) in [7, 11) is 1.35. The molecule has 0 heterocycles. The highest BCUT2D eigenvalue weighted by atomic mass is 16.5. The Morgan fingerprint density at radius 1 is 1.24 bits per heavy atom. The molecule has 0 bridgehead atoms. The molecule has 3 nitrogen and oxygen atoms in total. The van der Waals surface area contributed by atoms with Gasteiger partial charge in [-0.3, -0.25) is 0 Å². The van der Waals surface area contributed by atoms with Crippen molar-refractivity contribution >= 4 is 12.0 Å². The number of methoxy groups -OCH3 is 1. The number of carbonyl (C=O) groups excluding carboxylic acids is 1. The number of aryl methyl sites for hydroxylation is 1. The Morgan fingerprint density at radius 3 is 2.71 bits per heavy atom. The van der Waals surface area contributed by atoms with Gasteiger partial charge in [-0.05, 0) is 47.4 Å². The minimum Gasteiger partial charge on any atom is -0.466 e. The molecule has 0 aliphatic heterocycles. The Hall–Kier alpha value is -2.86. The van der Waals surface area contributed by atoms with Crippen molar-refractivity contribution in [1.82, 2.24) is 0 Å². The maximum absolute atomic E-state index is 11.3. The number of benzene rings is 2. The van der Waals surface area contributed by atoms with E-state index >= 15 is 0 Å². The van der Waals surface area contributed by atoms with Crippen LogP contribution in [-0.4, -0.2) is 13.1 Å². The molecule has 0 saturated heterocycles. The first-order valence-electron chi connectivity index (χ1n) is 6.52. The molecule has 0 amide bonds. The van der Waals surface area contributed by atoms with E-state index in [0.29, 0.717) is 5.56 Å². The van der Waals surface area contributed by atoms with E-state index in [1.165, 1.54) is 13.2 Å². The zero-order valence-corrected chi connectivity index (χ0v) is 12.0. The fraction of sp³-hybridized carbons (Fsp3) is 0.111. The monoisotopic (exact) mass is 277 g/mol. The van der Waals surface area contributed by atoms with Crippen molar-refractivity contribution in [1.29, 1.82) is 5.26 Å². The number of nitrogens with zero attached hydrogens (tertiary/aromatic N) is 1. The Morgan fingerprint density at radius 2 is 2.00 bits per heavy atom. The van der Waals surface area contributed by atoms with E-state index in [-0.39, 0.29) is 0 Å². The number of carbonyl (C=O) groups is 1. The van der Waals surface area contributed by atoms with Crippen LogP contribution >= 0.6 is 0 Å². The summed E-state index contributed by atoms with van der Waals surface area (Å²) in [6, 6.07) is 15.5. The van der Waals surface area contributed by atoms with Crippen LogP contribution in [0.1, 0.15) is 16.7 Å². The topological polar surface area (TPSA) is 50.1 Å². The molecule has 0 fully saturated rings. The normalized spacial score (nSPS) is 10.3. The maximum atomic E-state index is 11.3. The lowest BCUT2D eigenvalue weighted by molar-refractivity contribution is -0.134. The van der Waals surface area contributed by atoms with Gasteiger partial charge in [0.15, 0.2) is 0 Å². The van der Waals surface area contributed by atoms with E-state index in [1.54, 1.807) is 12.1 Å². The lowest BCUT2D eigenvalue weighted by Crippen LogP contribution is -1.94. The second-order valence-corrected chi connectivity index (χ2v) is 4.59. The molecule has 0 radical (unpaired) electrons. The van der Waals surface area contributed by atoms with Crippen molar-refractivity contribution in [2.75, 3.05) is 7.11 Å². The third kappa shape index (κ3) is 3.37. The average molecular weight is 277 g/mol. The smallest absolute Gasteiger partial charge is 0.330 e. The molecule has 0 aliphatic rings. The van der Waals surface area contributed by atoms with Crippen molar-refractivity contribution < 1.29 is 9.53 Å². The van der Waals surface area contributed by atoms with Crippen molar-refractivity contribution in [3.8, 4) is 17.2 Å². The Balaban J connectivity index is 2.54. The Labute approximate surface area is 124 Å². The number of hydrogen-bond donors (Lipinski definition) is 0. The highest BCUT2D eigenvalue weighted by molar-refractivity contribution is 5.89. The number of esters is 1. The van der Waals surface area contributed by atoms with Crippen LogP contribution < -0.4 is 0 Å². The van der Waals surface area contributed by atoms with Crippen LogP contribution in [0.15, 0.2) is 48.5 Å². The highest BCUT2D eigenvalue weighted by Gasteiger charge is 2.06. The minimum absolute atomic E-state index is 0.394. The van der Waals surface area contributed by atoms with Crippen LogP contribution in [0, 0.1) is 18.3 Å². The first kappa shape index (κ1) is 14.5. The fourth-order valence-electron chi connectivity index (χ4n) is 2.13. The number of nitriles is 1. The minimum atomic E-state index is -0.394. The van der Waals surface area contributed by atoms with Gasteiger partial charge in [0, 0.05) is 6.08 Å². The Bertz CT molecular complexity index is 739.